The van der Waals surface area contributed by atoms with Crippen LogP contribution in [0.2, 0.25) is 0 Å². The molecule has 2 nitrogen and oxygen atoms in total. The second kappa shape index (κ2) is 18.1. The first-order valence-electron chi connectivity index (χ1n) is 18.3. The molecule has 0 heterocycles. The lowest BCUT2D eigenvalue weighted by Gasteiger charge is -2.26. The third kappa shape index (κ3) is 9.18. The van der Waals surface area contributed by atoms with Crippen LogP contribution in [-0.4, -0.2) is 7.11 Å². The molecule has 7 aromatic rings. The van der Waals surface area contributed by atoms with Crippen LogP contribution >= 0.6 is 0 Å². The molecular formula is C52H43NO. The second-order valence-electron chi connectivity index (χ2n) is 13.0. The van der Waals surface area contributed by atoms with Gasteiger partial charge in [-0.15, -0.1) is 0 Å². The van der Waals surface area contributed by atoms with E-state index in [2.05, 4.69) is 235 Å². The number of hydrogen-bond acceptors (Lipinski definition) is 2. The molecule has 0 bridgehead atoms. The summed E-state index contributed by atoms with van der Waals surface area (Å²) in [4.78, 5) is 2.29. The van der Waals surface area contributed by atoms with E-state index in [0.717, 1.165) is 33.8 Å². The van der Waals surface area contributed by atoms with E-state index in [0.29, 0.717) is 6.61 Å². The molecular weight excluding hydrogens is 655 g/mol. The Hall–Kier alpha value is -6.74. The fourth-order valence-electron chi connectivity index (χ4n) is 6.52. The van der Waals surface area contributed by atoms with Gasteiger partial charge in [-0.05, 0) is 86.5 Å². The number of benzene rings is 7. The lowest BCUT2D eigenvalue weighted by atomic mass is 9.97. The Kier molecular flexibility index (Phi) is 12.0. The van der Waals surface area contributed by atoms with Crippen molar-refractivity contribution >= 4 is 40.4 Å². The van der Waals surface area contributed by atoms with Crippen LogP contribution in [-0.2, 0) is 11.3 Å². The molecule has 0 aromatic heterocycles. The van der Waals surface area contributed by atoms with Crippen molar-refractivity contribution in [2.45, 2.75) is 6.61 Å². The van der Waals surface area contributed by atoms with Crippen molar-refractivity contribution < 1.29 is 4.74 Å². The highest BCUT2D eigenvalue weighted by molar-refractivity contribution is 5.83. The summed E-state index contributed by atoms with van der Waals surface area (Å²) in [6.07, 6.45) is 13.0. The van der Waals surface area contributed by atoms with E-state index in [1.54, 1.807) is 7.11 Å². The molecule has 0 fully saturated rings. The zero-order valence-corrected chi connectivity index (χ0v) is 30.5. The van der Waals surface area contributed by atoms with Gasteiger partial charge in [0.05, 0.1) is 6.61 Å². The number of ether oxygens (including phenoxy) is 1. The van der Waals surface area contributed by atoms with Crippen molar-refractivity contribution in [1.29, 1.82) is 0 Å². The molecule has 0 aliphatic heterocycles. The summed E-state index contributed by atoms with van der Waals surface area (Å²) in [6, 6.07) is 68.2. The Balaban J connectivity index is 1.15. The van der Waals surface area contributed by atoms with E-state index < -0.39 is 0 Å². The molecule has 2 heteroatoms. The van der Waals surface area contributed by atoms with E-state index in [1.807, 2.05) is 0 Å². The van der Waals surface area contributed by atoms with Gasteiger partial charge in [0, 0.05) is 24.2 Å². The summed E-state index contributed by atoms with van der Waals surface area (Å²) >= 11 is 0. The van der Waals surface area contributed by atoms with Crippen molar-refractivity contribution in [2.24, 2.45) is 0 Å². The third-order valence-electron chi connectivity index (χ3n) is 9.25. The van der Waals surface area contributed by atoms with Crippen molar-refractivity contribution in [1.82, 2.24) is 0 Å². The minimum Gasteiger partial charge on any atom is -0.380 e. The average molecular weight is 698 g/mol. The van der Waals surface area contributed by atoms with Crippen molar-refractivity contribution in [3.05, 3.63) is 257 Å². The maximum absolute atomic E-state index is 5.38. The SMILES string of the molecule is COCc1ccc(N(c2ccc(C=CC=C(c3ccccc3)c3ccccc3)cc2)c2ccc(C=CC=C(c3ccccc3)c3ccccc3)cc2)cc1. The molecule has 0 aliphatic carbocycles. The molecule has 0 saturated carbocycles. The van der Waals surface area contributed by atoms with E-state index in [4.69, 9.17) is 4.74 Å². The molecule has 0 radical (unpaired) electrons. The largest absolute Gasteiger partial charge is 0.380 e. The standard InChI is InChI=1S/C52H43NO/c1-54-40-43-32-38-50(39-33-43)53(48-34-28-41(29-35-48)16-14-26-51(44-18-6-2-7-19-44)45-20-8-3-9-21-45)49-36-30-42(31-37-49)17-15-27-52(46-22-10-4-11-23-46)47-24-12-5-13-25-47/h2-39H,40H2,1H3. The first-order valence-corrected chi connectivity index (χ1v) is 18.3. The van der Waals surface area contributed by atoms with Gasteiger partial charge >= 0.3 is 0 Å². The van der Waals surface area contributed by atoms with Gasteiger partial charge in [0.2, 0.25) is 0 Å². The van der Waals surface area contributed by atoms with Gasteiger partial charge in [-0.25, -0.2) is 0 Å². The van der Waals surface area contributed by atoms with Crippen LogP contribution in [0, 0.1) is 0 Å². The number of rotatable bonds is 13. The number of nitrogens with zero attached hydrogens (tertiary/aromatic N) is 1. The average Bonchev–Trinajstić information content (AvgIpc) is 3.24. The van der Waals surface area contributed by atoms with Crippen molar-refractivity contribution in [2.75, 3.05) is 12.0 Å². The van der Waals surface area contributed by atoms with Crippen LogP contribution in [0.1, 0.15) is 38.9 Å². The molecule has 0 spiro atoms. The van der Waals surface area contributed by atoms with Crippen LogP contribution in [0.25, 0.3) is 23.3 Å². The number of anilines is 3. The Morgan fingerprint density at radius 2 is 0.722 bits per heavy atom. The van der Waals surface area contributed by atoms with Gasteiger partial charge in [-0.2, -0.15) is 0 Å². The van der Waals surface area contributed by atoms with Gasteiger partial charge in [-0.1, -0.05) is 194 Å². The summed E-state index contributed by atoms with van der Waals surface area (Å²) in [5, 5.41) is 0. The van der Waals surface area contributed by atoms with E-state index in [1.165, 1.54) is 33.4 Å². The molecule has 0 unspecified atom stereocenters. The zero-order chi connectivity index (χ0) is 36.8. The van der Waals surface area contributed by atoms with Gasteiger partial charge < -0.3 is 9.64 Å². The first kappa shape index (κ1) is 35.7. The Morgan fingerprint density at radius 1 is 0.407 bits per heavy atom. The van der Waals surface area contributed by atoms with Gasteiger partial charge in [0.15, 0.2) is 0 Å². The lowest BCUT2D eigenvalue weighted by Crippen LogP contribution is -2.10. The second-order valence-corrected chi connectivity index (χ2v) is 13.0. The first-order chi connectivity index (χ1) is 26.7. The molecule has 0 atom stereocenters. The van der Waals surface area contributed by atoms with Crippen molar-refractivity contribution in [3.8, 4) is 0 Å². The molecule has 7 rings (SSSR count). The van der Waals surface area contributed by atoms with E-state index >= 15 is 0 Å². The summed E-state index contributed by atoms with van der Waals surface area (Å²) in [5.41, 5.74) is 13.8. The molecule has 7 aromatic carbocycles. The molecule has 0 saturated heterocycles. The smallest absolute Gasteiger partial charge is 0.0713 e. The maximum atomic E-state index is 5.38. The van der Waals surface area contributed by atoms with Crippen LogP contribution in [0.15, 0.2) is 218 Å². The number of hydrogen-bond donors (Lipinski definition) is 0. The topological polar surface area (TPSA) is 12.5 Å². The fourth-order valence-corrected chi connectivity index (χ4v) is 6.52. The summed E-state index contributed by atoms with van der Waals surface area (Å²) < 4.78 is 5.38. The van der Waals surface area contributed by atoms with E-state index in [-0.39, 0.29) is 0 Å². The third-order valence-corrected chi connectivity index (χ3v) is 9.25. The van der Waals surface area contributed by atoms with Crippen LogP contribution in [0.3, 0.4) is 0 Å². The molecule has 0 aliphatic rings. The molecule has 0 N–H and O–H groups in total. The highest BCUT2D eigenvalue weighted by atomic mass is 16.5. The van der Waals surface area contributed by atoms with E-state index in [9.17, 15) is 0 Å². The zero-order valence-electron chi connectivity index (χ0n) is 30.5. The summed E-state index contributed by atoms with van der Waals surface area (Å²) in [7, 11) is 1.73. The van der Waals surface area contributed by atoms with Crippen LogP contribution in [0.4, 0.5) is 17.1 Å². The quantitative estimate of drug-likeness (QED) is 0.111. The maximum Gasteiger partial charge on any atom is 0.0713 e. The predicted octanol–water partition coefficient (Wildman–Crippen LogP) is 13.6. The predicted molar refractivity (Wildman–Crippen MR) is 230 cm³/mol. The minimum absolute atomic E-state index is 0.581. The molecule has 262 valence electrons. The monoisotopic (exact) mass is 697 g/mol. The van der Waals surface area contributed by atoms with Gasteiger partial charge in [0.1, 0.15) is 0 Å². The number of allylic oxidation sites excluding steroid dienone is 4. The van der Waals surface area contributed by atoms with Crippen LogP contribution < -0.4 is 4.90 Å². The normalized spacial score (nSPS) is 11.1. The summed E-state index contributed by atoms with van der Waals surface area (Å²) in [6.45, 7) is 0.581. The summed E-state index contributed by atoms with van der Waals surface area (Å²) in [5.74, 6) is 0. The Morgan fingerprint density at radius 3 is 1.04 bits per heavy atom. The minimum atomic E-state index is 0.581. The number of methoxy groups -OCH3 is 1. The highest BCUT2D eigenvalue weighted by Gasteiger charge is 2.13. The Bertz CT molecular complexity index is 2090. The van der Waals surface area contributed by atoms with Gasteiger partial charge in [0.25, 0.3) is 0 Å². The van der Waals surface area contributed by atoms with Crippen molar-refractivity contribution in [3.63, 3.8) is 0 Å². The Labute approximate surface area is 320 Å². The fraction of sp³-hybridized carbons (Fsp3) is 0.0385. The molecule has 54 heavy (non-hydrogen) atoms. The van der Waals surface area contributed by atoms with Gasteiger partial charge in [-0.3, -0.25) is 0 Å². The lowest BCUT2D eigenvalue weighted by molar-refractivity contribution is 0.185. The molecule has 0 amide bonds. The highest BCUT2D eigenvalue weighted by Crippen LogP contribution is 2.35. The van der Waals surface area contributed by atoms with Crippen LogP contribution in [0.5, 0.6) is 0 Å².